The zero-order chi connectivity index (χ0) is 23.8. The molecule has 0 aliphatic carbocycles. The first-order valence-corrected chi connectivity index (χ1v) is 12.0. The minimum atomic E-state index is -3.96. The highest BCUT2D eigenvalue weighted by Crippen LogP contribution is 2.25. The van der Waals surface area contributed by atoms with Crippen molar-refractivity contribution in [3.8, 4) is 11.5 Å². The quantitative estimate of drug-likeness (QED) is 0.481. The fourth-order valence-corrected chi connectivity index (χ4v) is 4.79. The lowest BCUT2D eigenvalue weighted by atomic mass is 10.2. The van der Waals surface area contributed by atoms with Crippen molar-refractivity contribution in [2.24, 2.45) is 0 Å². The van der Waals surface area contributed by atoms with E-state index in [9.17, 15) is 13.2 Å². The van der Waals surface area contributed by atoms with Gasteiger partial charge in [-0.05, 0) is 55.3 Å². The van der Waals surface area contributed by atoms with Gasteiger partial charge in [-0.1, -0.05) is 36.4 Å². The third-order valence-corrected chi connectivity index (χ3v) is 6.75. The second-order valence-electron chi connectivity index (χ2n) is 7.40. The molecule has 0 bridgehead atoms. The molecule has 0 saturated heterocycles. The van der Waals surface area contributed by atoms with Gasteiger partial charge in [0.25, 0.3) is 0 Å². The number of rotatable bonds is 10. The topological polar surface area (TPSA) is 84.9 Å². The number of hydrogen-bond donors (Lipinski definition) is 1. The highest BCUT2D eigenvalue weighted by atomic mass is 32.2. The van der Waals surface area contributed by atoms with Gasteiger partial charge in [0, 0.05) is 18.3 Å². The number of nitrogens with zero attached hydrogens (tertiary/aromatic N) is 1. The molecule has 3 rings (SSSR count). The summed E-state index contributed by atoms with van der Waals surface area (Å²) in [5, 5.41) is 2.75. The van der Waals surface area contributed by atoms with Gasteiger partial charge in [-0.15, -0.1) is 0 Å². The van der Waals surface area contributed by atoms with Crippen LogP contribution in [0, 0.1) is 6.92 Å². The molecule has 0 fully saturated rings. The monoisotopic (exact) mass is 468 g/mol. The van der Waals surface area contributed by atoms with E-state index in [4.69, 9.17) is 9.47 Å². The van der Waals surface area contributed by atoms with Crippen molar-refractivity contribution in [3.63, 3.8) is 0 Å². The molecular weight excluding hydrogens is 440 g/mol. The summed E-state index contributed by atoms with van der Waals surface area (Å²) in [4.78, 5) is 12.9. The number of benzene rings is 3. The molecule has 7 nitrogen and oxygen atoms in total. The molecule has 0 spiro atoms. The molecule has 0 atom stereocenters. The molecule has 0 heterocycles. The van der Waals surface area contributed by atoms with E-state index in [2.05, 4.69) is 5.32 Å². The Labute approximate surface area is 195 Å². The molecule has 0 radical (unpaired) electrons. The highest BCUT2D eigenvalue weighted by molar-refractivity contribution is 7.89. The molecule has 8 heteroatoms. The van der Waals surface area contributed by atoms with Gasteiger partial charge in [0.1, 0.15) is 11.5 Å². The van der Waals surface area contributed by atoms with E-state index in [1.165, 1.54) is 17.5 Å². The number of aryl methyl sites for hydroxylation is 1. The summed E-state index contributed by atoms with van der Waals surface area (Å²) < 4.78 is 38.9. The Kier molecular flexibility index (Phi) is 8.08. The van der Waals surface area contributed by atoms with Crippen molar-refractivity contribution in [2.75, 3.05) is 25.6 Å². The smallest absolute Gasteiger partial charge is 0.243 e. The Morgan fingerprint density at radius 1 is 1.00 bits per heavy atom. The number of amides is 1. The maximum absolute atomic E-state index is 13.5. The van der Waals surface area contributed by atoms with Crippen LogP contribution in [0.25, 0.3) is 0 Å². The van der Waals surface area contributed by atoms with E-state index in [1.54, 1.807) is 43.3 Å². The van der Waals surface area contributed by atoms with Crippen LogP contribution in [0.1, 0.15) is 18.1 Å². The Morgan fingerprint density at radius 2 is 1.76 bits per heavy atom. The Morgan fingerprint density at radius 3 is 2.42 bits per heavy atom. The summed E-state index contributed by atoms with van der Waals surface area (Å²) in [6, 6.07) is 20.8. The van der Waals surface area contributed by atoms with E-state index >= 15 is 0 Å². The second kappa shape index (κ2) is 11.0. The first kappa shape index (κ1) is 24.3. The van der Waals surface area contributed by atoms with Crippen LogP contribution >= 0.6 is 0 Å². The van der Waals surface area contributed by atoms with E-state index in [-0.39, 0.29) is 18.0 Å². The number of carbonyl (C=O) groups excluding carboxylic acids is 1. The lowest BCUT2D eigenvalue weighted by molar-refractivity contribution is -0.116. The van der Waals surface area contributed by atoms with E-state index < -0.39 is 15.9 Å². The minimum absolute atomic E-state index is 0.0565. The average molecular weight is 469 g/mol. The average Bonchev–Trinajstić information content (AvgIpc) is 2.80. The predicted molar refractivity (Wildman–Crippen MR) is 128 cm³/mol. The van der Waals surface area contributed by atoms with Crippen LogP contribution in [0.15, 0.2) is 77.7 Å². The van der Waals surface area contributed by atoms with Gasteiger partial charge in [-0.3, -0.25) is 4.79 Å². The largest absolute Gasteiger partial charge is 0.497 e. The van der Waals surface area contributed by atoms with Crippen LogP contribution in [-0.2, 0) is 21.4 Å². The second-order valence-corrected chi connectivity index (χ2v) is 9.34. The van der Waals surface area contributed by atoms with Gasteiger partial charge in [0.2, 0.25) is 15.9 Å². The predicted octanol–water partition coefficient (Wildman–Crippen LogP) is 4.23. The molecule has 0 aliphatic heterocycles. The van der Waals surface area contributed by atoms with E-state index in [1.807, 2.05) is 37.3 Å². The fourth-order valence-electron chi connectivity index (χ4n) is 3.32. The molecule has 1 amide bonds. The molecule has 174 valence electrons. The molecule has 0 unspecified atom stereocenters. The van der Waals surface area contributed by atoms with Crippen LogP contribution < -0.4 is 14.8 Å². The number of hydrogen-bond acceptors (Lipinski definition) is 5. The van der Waals surface area contributed by atoms with E-state index in [0.29, 0.717) is 29.4 Å². The van der Waals surface area contributed by atoms with Crippen LogP contribution in [0.2, 0.25) is 0 Å². The highest BCUT2D eigenvalue weighted by Gasteiger charge is 2.27. The van der Waals surface area contributed by atoms with Gasteiger partial charge < -0.3 is 14.8 Å². The molecule has 3 aromatic carbocycles. The Bertz CT molecular complexity index is 1200. The van der Waals surface area contributed by atoms with Crippen LogP contribution in [-0.4, -0.2) is 38.9 Å². The van der Waals surface area contributed by atoms with Crippen molar-refractivity contribution in [3.05, 3.63) is 83.9 Å². The summed E-state index contributed by atoms with van der Waals surface area (Å²) in [5.74, 6) is 0.763. The van der Waals surface area contributed by atoms with Crippen LogP contribution in [0.5, 0.6) is 11.5 Å². The zero-order valence-corrected chi connectivity index (χ0v) is 19.8. The Balaban J connectivity index is 1.88. The summed E-state index contributed by atoms with van der Waals surface area (Å²) in [5.41, 5.74) is 2.00. The molecule has 0 saturated carbocycles. The number of ether oxygens (including phenoxy) is 2. The number of methoxy groups -OCH3 is 1. The number of sulfonamides is 1. The first-order chi connectivity index (χ1) is 15.8. The van der Waals surface area contributed by atoms with Crippen LogP contribution in [0.3, 0.4) is 0 Å². The fraction of sp³-hybridized carbons (Fsp3) is 0.240. The van der Waals surface area contributed by atoms with Crippen molar-refractivity contribution in [1.29, 1.82) is 0 Å². The third kappa shape index (κ3) is 6.34. The normalized spacial score (nSPS) is 11.3. The number of anilines is 1. The van der Waals surface area contributed by atoms with Crippen molar-refractivity contribution in [2.45, 2.75) is 25.3 Å². The lowest BCUT2D eigenvalue weighted by Gasteiger charge is -2.22. The summed E-state index contributed by atoms with van der Waals surface area (Å²) in [6.45, 7) is 3.85. The zero-order valence-electron chi connectivity index (χ0n) is 18.9. The lowest BCUT2D eigenvalue weighted by Crippen LogP contribution is -2.37. The summed E-state index contributed by atoms with van der Waals surface area (Å²) >= 11 is 0. The first-order valence-electron chi connectivity index (χ1n) is 10.5. The van der Waals surface area contributed by atoms with Crippen molar-refractivity contribution < 1.29 is 22.7 Å². The molecule has 0 aromatic heterocycles. The maximum Gasteiger partial charge on any atom is 0.243 e. The van der Waals surface area contributed by atoms with Crippen molar-refractivity contribution in [1.82, 2.24) is 4.31 Å². The molecule has 1 N–H and O–H groups in total. The van der Waals surface area contributed by atoms with Gasteiger partial charge in [-0.25, -0.2) is 8.42 Å². The van der Waals surface area contributed by atoms with Gasteiger partial charge in [0.15, 0.2) is 0 Å². The maximum atomic E-state index is 13.5. The van der Waals surface area contributed by atoms with Gasteiger partial charge in [0.05, 0.1) is 25.2 Å². The SMILES string of the molecule is CCOc1ccc(S(=O)(=O)N(CC(=O)Nc2cccc(OC)c2)Cc2ccccc2)cc1C. The summed E-state index contributed by atoms with van der Waals surface area (Å²) in [7, 11) is -2.43. The number of nitrogens with one attached hydrogen (secondary N) is 1. The minimum Gasteiger partial charge on any atom is -0.497 e. The molecular formula is C25H28N2O5S. The third-order valence-electron chi connectivity index (χ3n) is 4.96. The van der Waals surface area contributed by atoms with Gasteiger partial charge >= 0.3 is 0 Å². The van der Waals surface area contributed by atoms with Gasteiger partial charge in [-0.2, -0.15) is 4.31 Å². The van der Waals surface area contributed by atoms with Crippen molar-refractivity contribution >= 4 is 21.6 Å². The molecule has 0 aliphatic rings. The van der Waals surface area contributed by atoms with Crippen LogP contribution in [0.4, 0.5) is 5.69 Å². The number of carbonyl (C=O) groups is 1. The molecule has 3 aromatic rings. The summed E-state index contributed by atoms with van der Waals surface area (Å²) in [6.07, 6.45) is 0. The molecule has 33 heavy (non-hydrogen) atoms. The standard InChI is InChI=1S/C25H28N2O5S/c1-4-32-24-14-13-23(15-19(24)2)33(29,30)27(17-20-9-6-5-7-10-20)18-25(28)26-21-11-8-12-22(16-21)31-3/h5-16H,4,17-18H2,1-3H3,(H,26,28). The van der Waals surface area contributed by atoms with E-state index in [0.717, 1.165) is 5.56 Å². The Hall–Kier alpha value is -3.36.